The molecule has 208 valence electrons. The van der Waals surface area contributed by atoms with E-state index in [9.17, 15) is 39.6 Å². The van der Waals surface area contributed by atoms with Crippen LogP contribution in [0.4, 0.5) is 5.69 Å². The number of nitrogens with two attached hydrogens (primary N) is 1. The van der Waals surface area contributed by atoms with E-state index in [-0.39, 0.29) is 60.5 Å². The molecular weight excluding hydrogens is 510 g/mol. The average Bonchev–Trinajstić information content (AvgIpc) is 3.41. The Morgan fingerprint density at radius 3 is 2.56 bits per heavy atom. The summed E-state index contributed by atoms with van der Waals surface area (Å²) in [4.78, 5) is 52.3. The summed E-state index contributed by atoms with van der Waals surface area (Å²) in [5, 5.41) is 47.1. The molecule has 0 unspecified atom stereocenters. The third kappa shape index (κ3) is 4.81. The van der Waals surface area contributed by atoms with Gasteiger partial charge in [0.05, 0.1) is 18.2 Å². The quantitative estimate of drug-likeness (QED) is 0.211. The van der Waals surface area contributed by atoms with Crippen LogP contribution >= 0.6 is 0 Å². The normalized spacial score (nSPS) is 22.3. The summed E-state index contributed by atoms with van der Waals surface area (Å²) in [7, 11) is 3.54. The number of anilines is 1. The number of aliphatic hydroxyl groups is 3. The molecular formula is C27H31N3O9. The Bertz CT molecular complexity index is 1360. The van der Waals surface area contributed by atoms with Crippen molar-refractivity contribution in [3.05, 3.63) is 46.4 Å². The number of phenolic OH excluding ortho intramolecular Hbond substituents is 1. The first kappa shape index (κ1) is 28.0. The lowest BCUT2D eigenvalue weighted by molar-refractivity contribution is -0.159. The van der Waals surface area contributed by atoms with Crippen LogP contribution in [0.3, 0.4) is 0 Å². The largest absolute Gasteiger partial charge is 0.507 e. The van der Waals surface area contributed by atoms with Gasteiger partial charge in [0, 0.05) is 50.4 Å². The number of carbonyl (C=O) groups is 4. The Hall–Kier alpha value is -4.03. The van der Waals surface area contributed by atoms with E-state index >= 15 is 0 Å². The summed E-state index contributed by atoms with van der Waals surface area (Å²) < 4.78 is 4.89. The van der Waals surface area contributed by atoms with Gasteiger partial charge in [-0.1, -0.05) is 5.16 Å². The first-order chi connectivity index (χ1) is 18.4. The van der Waals surface area contributed by atoms with Crippen molar-refractivity contribution in [3.63, 3.8) is 0 Å². The van der Waals surface area contributed by atoms with E-state index in [1.54, 1.807) is 25.1 Å². The summed E-state index contributed by atoms with van der Waals surface area (Å²) in [5.41, 5.74) is 3.75. The van der Waals surface area contributed by atoms with E-state index in [1.165, 1.54) is 12.3 Å². The molecule has 0 bridgehead atoms. The van der Waals surface area contributed by atoms with E-state index in [0.717, 1.165) is 0 Å². The molecule has 6 N–H and O–H groups in total. The Labute approximate surface area is 223 Å². The van der Waals surface area contributed by atoms with E-state index < -0.39 is 53.7 Å². The van der Waals surface area contributed by atoms with E-state index in [4.69, 9.17) is 10.3 Å². The van der Waals surface area contributed by atoms with E-state index in [0.29, 0.717) is 16.8 Å². The Balaban J connectivity index is 1.81. The third-order valence-electron chi connectivity index (χ3n) is 7.62. The topological polar surface area (TPSA) is 204 Å². The molecule has 2 aliphatic rings. The smallest absolute Gasteiger partial charge is 0.225 e. The molecule has 0 aliphatic heterocycles. The maximum absolute atomic E-state index is 13.7. The van der Waals surface area contributed by atoms with Gasteiger partial charge in [-0.25, -0.2) is 0 Å². The molecule has 3 atom stereocenters. The molecule has 1 saturated carbocycles. The Morgan fingerprint density at radius 1 is 1.26 bits per heavy atom. The Morgan fingerprint density at radius 2 is 1.97 bits per heavy atom. The highest BCUT2D eigenvalue weighted by atomic mass is 16.5. The van der Waals surface area contributed by atoms with Crippen LogP contribution in [-0.2, 0) is 27.2 Å². The summed E-state index contributed by atoms with van der Waals surface area (Å²) in [6.07, 6.45) is 0.674. The number of hydrogen-bond donors (Lipinski definition) is 5. The minimum absolute atomic E-state index is 0.0202. The van der Waals surface area contributed by atoms with Crippen LogP contribution in [0.1, 0.15) is 52.9 Å². The summed E-state index contributed by atoms with van der Waals surface area (Å²) in [5.74, 6) is -6.04. The fourth-order valence-corrected chi connectivity index (χ4v) is 5.74. The molecule has 1 aromatic carbocycles. The van der Waals surface area contributed by atoms with Gasteiger partial charge >= 0.3 is 0 Å². The van der Waals surface area contributed by atoms with Crippen molar-refractivity contribution in [2.75, 3.05) is 25.6 Å². The molecule has 12 nitrogen and oxygen atoms in total. The van der Waals surface area contributed by atoms with Gasteiger partial charge < -0.3 is 35.6 Å². The zero-order valence-electron chi connectivity index (χ0n) is 21.6. The van der Waals surface area contributed by atoms with Crippen LogP contribution in [0.25, 0.3) is 5.76 Å². The van der Waals surface area contributed by atoms with Crippen LogP contribution in [-0.4, -0.2) is 75.1 Å². The fourth-order valence-electron chi connectivity index (χ4n) is 5.74. The SMILES string of the molecule is CN(C)c1cc(CCC(=O)c2ccno2)c(O)c2c1C[C@H]1C[C@@H](CCO)[C@@](O)(C(=O)CC(N)=O)C(=O)C1=C2O. The van der Waals surface area contributed by atoms with Gasteiger partial charge in [0.2, 0.25) is 23.2 Å². The summed E-state index contributed by atoms with van der Waals surface area (Å²) in [6, 6.07) is 3.14. The maximum Gasteiger partial charge on any atom is 0.225 e. The minimum atomic E-state index is -2.67. The van der Waals surface area contributed by atoms with Crippen LogP contribution in [0.15, 0.2) is 28.4 Å². The molecule has 2 aliphatic carbocycles. The number of aliphatic hydroxyl groups excluding tert-OH is 2. The number of aromatic nitrogens is 1. The zero-order chi connectivity index (χ0) is 28.6. The highest BCUT2D eigenvalue weighted by molar-refractivity contribution is 6.23. The lowest BCUT2D eigenvalue weighted by Crippen LogP contribution is -2.59. The molecule has 0 saturated heterocycles. The monoisotopic (exact) mass is 541 g/mol. The molecule has 1 amide bonds. The third-order valence-corrected chi connectivity index (χ3v) is 7.62. The minimum Gasteiger partial charge on any atom is -0.507 e. The highest BCUT2D eigenvalue weighted by Crippen LogP contribution is 2.51. The van der Waals surface area contributed by atoms with Gasteiger partial charge in [-0.2, -0.15) is 0 Å². The first-order valence-corrected chi connectivity index (χ1v) is 12.5. The number of amides is 1. The molecule has 0 spiro atoms. The van der Waals surface area contributed by atoms with Crippen molar-refractivity contribution >= 4 is 34.7 Å². The second-order valence-corrected chi connectivity index (χ2v) is 10.2. The summed E-state index contributed by atoms with van der Waals surface area (Å²) >= 11 is 0. The van der Waals surface area contributed by atoms with Crippen molar-refractivity contribution in [1.82, 2.24) is 5.16 Å². The number of Topliss-reactive ketones (excluding diaryl/α,β-unsaturated/α-hetero) is 3. The molecule has 12 heteroatoms. The number of ketones is 3. The fraction of sp³-hybridized carbons (Fsp3) is 0.444. The standard InChI is InChI=1S/C27H31N3O9/c1-30(2)17-11-13(3-4-18(32)19-5-7-29-39-19)24(35)23-16(17)10-14-9-15(6-8-31)27(38,20(33)12-21(28)34)26(37)22(14)25(23)36/h5,7,11,14-15,31,35-36,38H,3-4,6,8-10,12H2,1-2H3,(H2,28,34)/t14-,15-,27-/m1/s1. The van der Waals surface area contributed by atoms with Crippen LogP contribution < -0.4 is 10.6 Å². The van der Waals surface area contributed by atoms with Crippen LogP contribution in [0.5, 0.6) is 5.75 Å². The number of aryl methyl sites for hydroxylation is 1. The lowest BCUT2D eigenvalue weighted by atomic mass is 9.61. The number of benzene rings is 1. The van der Waals surface area contributed by atoms with Crippen LogP contribution in [0.2, 0.25) is 0 Å². The maximum atomic E-state index is 13.7. The number of aromatic hydroxyl groups is 1. The van der Waals surface area contributed by atoms with Crippen molar-refractivity contribution in [2.24, 2.45) is 17.6 Å². The predicted molar refractivity (Wildman–Crippen MR) is 137 cm³/mol. The van der Waals surface area contributed by atoms with Gasteiger partial charge in [0.25, 0.3) is 0 Å². The molecule has 1 fully saturated rings. The molecule has 4 rings (SSSR count). The second kappa shape index (κ2) is 10.6. The van der Waals surface area contributed by atoms with E-state index in [1.807, 2.05) is 0 Å². The predicted octanol–water partition coefficient (Wildman–Crippen LogP) is 0.850. The van der Waals surface area contributed by atoms with Gasteiger partial charge in [-0.3, -0.25) is 19.2 Å². The number of carbonyl (C=O) groups excluding carboxylic acids is 4. The molecule has 2 aromatic rings. The lowest BCUT2D eigenvalue weighted by Gasteiger charge is -2.44. The number of hydrogen-bond acceptors (Lipinski definition) is 11. The van der Waals surface area contributed by atoms with Crippen molar-refractivity contribution in [3.8, 4) is 5.75 Å². The van der Waals surface area contributed by atoms with E-state index in [2.05, 4.69) is 5.16 Å². The first-order valence-electron chi connectivity index (χ1n) is 12.5. The van der Waals surface area contributed by atoms with Crippen molar-refractivity contribution < 1.29 is 44.1 Å². The molecule has 1 heterocycles. The zero-order valence-corrected chi connectivity index (χ0v) is 21.6. The highest BCUT2D eigenvalue weighted by Gasteiger charge is 2.57. The number of primary amides is 1. The number of fused-ring (bicyclic) bond motifs is 2. The van der Waals surface area contributed by atoms with Crippen LogP contribution in [0, 0.1) is 11.8 Å². The average molecular weight is 542 g/mol. The number of phenols is 1. The molecule has 39 heavy (non-hydrogen) atoms. The molecule has 1 aromatic heterocycles. The van der Waals surface area contributed by atoms with Gasteiger partial charge in [-0.15, -0.1) is 0 Å². The van der Waals surface area contributed by atoms with Gasteiger partial charge in [0.1, 0.15) is 11.5 Å². The Kier molecular flexibility index (Phi) is 7.62. The summed E-state index contributed by atoms with van der Waals surface area (Å²) in [6.45, 7) is -0.418. The second-order valence-electron chi connectivity index (χ2n) is 10.2. The number of nitrogens with zero attached hydrogens (tertiary/aromatic N) is 2. The van der Waals surface area contributed by atoms with Crippen molar-refractivity contribution in [2.45, 2.75) is 44.1 Å². The molecule has 0 radical (unpaired) electrons. The van der Waals surface area contributed by atoms with Crippen molar-refractivity contribution in [1.29, 1.82) is 0 Å². The van der Waals surface area contributed by atoms with Gasteiger partial charge in [0.15, 0.2) is 11.4 Å². The van der Waals surface area contributed by atoms with Gasteiger partial charge in [-0.05, 0) is 48.8 Å². The number of rotatable bonds is 10.